The number of aromatic amines is 1. The lowest BCUT2D eigenvalue weighted by Crippen LogP contribution is -2.17. The van der Waals surface area contributed by atoms with Crippen LogP contribution in [-0.2, 0) is 17.6 Å². The van der Waals surface area contributed by atoms with Crippen molar-refractivity contribution >= 4 is 46.4 Å². The van der Waals surface area contributed by atoms with Crippen molar-refractivity contribution in [2.24, 2.45) is 0 Å². The van der Waals surface area contributed by atoms with Crippen LogP contribution in [0.15, 0.2) is 41.2 Å². The first-order chi connectivity index (χ1) is 15.3. The van der Waals surface area contributed by atoms with E-state index in [4.69, 9.17) is 34.8 Å². The van der Waals surface area contributed by atoms with Gasteiger partial charge in [0.25, 0.3) is 5.56 Å². The number of amides is 1. The maximum atomic E-state index is 12.9. The van der Waals surface area contributed by atoms with Crippen LogP contribution in [-0.4, -0.2) is 25.7 Å². The number of rotatable bonds is 5. The number of aryl methyl sites for hydroxylation is 1. The smallest absolute Gasteiger partial charge is 0.284 e. The van der Waals surface area contributed by atoms with E-state index in [-0.39, 0.29) is 11.5 Å². The predicted molar refractivity (Wildman–Crippen MR) is 127 cm³/mol. The standard InChI is InChI=1S/C22H18Cl3N5O2/c1-3-17-19-21(30(29-17)20-15(24)9-13(23)10-16(20)25)27-18(28-22(19)32)8-12-4-6-14(7-5-12)26-11(2)31/h4-7,9-10,29H,3,8H2,1-2H3,(H,26,31). The zero-order valence-electron chi connectivity index (χ0n) is 17.2. The molecule has 7 nitrogen and oxygen atoms in total. The van der Waals surface area contributed by atoms with E-state index in [9.17, 15) is 9.59 Å². The van der Waals surface area contributed by atoms with E-state index in [2.05, 4.69) is 20.4 Å². The highest BCUT2D eigenvalue weighted by Crippen LogP contribution is 2.35. The van der Waals surface area contributed by atoms with Crippen molar-refractivity contribution in [3.05, 3.63) is 78.9 Å². The van der Waals surface area contributed by atoms with E-state index in [0.29, 0.717) is 62.2 Å². The van der Waals surface area contributed by atoms with Crippen LogP contribution in [0.4, 0.5) is 5.69 Å². The minimum atomic E-state index is -0.382. The van der Waals surface area contributed by atoms with Gasteiger partial charge in [-0.3, -0.25) is 14.7 Å². The minimum Gasteiger partial charge on any atom is -0.326 e. The third kappa shape index (κ3) is 4.37. The first kappa shape index (κ1) is 22.3. The zero-order chi connectivity index (χ0) is 23.0. The van der Waals surface area contributed by atoms with E-state index in [0.717, 1.165) is 5.56 Å². The number of H-pyrrole nitrogens is 1. The van der Waals surface area contributed by atoms with Gasteiger partial charge in [-0.2, -0.15) is 4.98 Å². The summed E-state index contributed by atoms with van der Waals surface area (Å²) in [7, 11) is 0. The fourth-order valence-electron chi connectivity index (χ4n) is 3.48. The van der Waals surface area contributed by atoms with Crippen LogP contribution in [0.5, 0.6) is 0 Å². The summed E-state index contributed by atoms with van der Waals surface area (Å²) in [6.45, 7) is 3.37. The Morgan fingerprint density at radius 2 is 1.75 bits per heavy atom. The highest BCUT2D eigenvalue weighted by Gasteiger charge is 2.25. The molecule has 2 N–H and O–H groups in total. The molecule has 2 heterocycles. The Morgan fingerprint density at radius 1 is 1.09 bits per heavy atom. The fourth-order valence-corrected chi connectivity index (χ4v) is 4.46. The number of anilines is 1. The number of benzene rings is 2. The van der Waals surface area contributed by atoms with Crippen LogP contribution in [0.1, 0.15) is 30.9 Å². The van der Waals surface area contributed by atoms with Gasteiger partial charge in [-0.15, -0.1) is 0 Å². The van der Waals surface area contributed by atoms with Gasteiger partial charge in [-0.25, -0.2) is 9.67 Å². The number of halogens is 3. The van der Waals surface area contributed by atoms with Crippen molar-refractivity contribution in [1.82, 2.24) is 19.7 Å². The van der Waals surface area contributed by atoms with Crippen LogP contribution in [0, 0.1) is 0 Å². The number of carbonyl (C=O) groups excluding carboxylic acids is 1. The summed E-state index contributed by atoms with van der Waals surface area (Å²) in [6, 6.07) is 10.4. The van der Waals surface area contributed by atoms with Gasteiger partial charge in [-0.05, 0) is 36.2 Å². The first-order valence-electron chi connectivity index (χ1n) is 9.78. The monoisotopic (exact) mass is 489 g/mol. The highest BCUT2D eigenvalue weighted by atomic mass is 35.5. The number of nitrogens with zero attached hydrogens (tertiary/aromatic N) is 3. The molecule has 32 heavy (non-hydrogen) atoms. The Balaban J connectivity index is 1.80. The molecule has 10 heteroatoms. The van der Waals surface area contributed by atoms with Crippen molar-refractivity contribution in [1.29, 1.82) is 0 Å². The molecule has 0 radical (unpaired) electrons. The predicted octanol–water partition coefficient (Wildman–Crippen LogP) is 5.13. The number of hydrogen-bond donors (Lipinski definition) is 2. The zero-order valence-corrected chi connectivity index (χ0v) is 19.4. The molecule has 4 rings (SSSR count). The maximum absolute atomic E-state index is 12.9. The van der Waals surface area contributed by atoms with Crippen LogP contribution in [0.2, 0.25) is 15.1 Å². The Bertz CT molecular complexity index is 1320. The van der Waals surface area contributed by atoms with Gasteiger partial charge in [0, 0.05) is 29.7 Å². The second-order valence-electron chi connectivity index (χ2n) is 7.20. The first-order valence-corrected chi connectivity index (χ1v) is 10.9. The quantitative estimate of drug-likeness (QED) is 0.405. The minimum absolute atomic E-state index is 0.147. The second-order valence-corrected chi connectivity index (χ2v) is 8.45. The van der Waals surface area contributed by atoms with E-state index in [1.807, 2.05) is 19.1 Å². The van der Waals surface area contributed by atoms with Crippen molar-refractivity contribution < 1.29 is 4.79 Å². The maximum Gasteiger partial charge on any atom is 0.284 e. The lowest BCUT2D eigenvalue weighted by molar-refractivity contribution is -0.114. The molecule has 2 aliphatic heterocycles. The van der Waals surface area contributed by atoms with E-state index < -0.39 is 0 Å². The molecule has 164 valence electrons. The molecule has 2 aliphatic rings. The molecule has 2 aromatic carbocycles. The molecule has 0 fully saturated rings. The van der Waals surface area contributed by atoms with Crippen molar-refractivity contribution in [2.75, 3.05) is 5.32 Å². The molecule has 0 saturated carbocycles. The summed E-state index contributed by atoms with van der Waals surface area (Å²) in [4.78, 5) is 32.9. The van der Waals surface area contributed by atoms with Gasteiger partial charge in [0.15, 0.2) is 5.82 Å². The number of fused-ring (bicyclic) bond motifs is 1. The normalized spacial score (nSPS) is 11.2. The number of aromatic nitrogens is 4. The fraction of sp³-hybridized carbons (Fsp3) is 0.182. The number of carbonyl (C=O) groups is 1. The topological polar surface area (TPSA) is 92.7 Å². The highest BCUT2D eigenvalue weighted by molar-refractivity contribution is 6.40. The summed E-state index contributed by atoms with van der Waals surface area (Å²) < 4.78 is 1.60. The molecule has 0 aliphatic carbocycles. The van der Waals surface area contributed by atoms with Crippen LogP contribution >= 0.6 is 34.8 Å². The molecule has 1 amide bonds. The number of nitrogens with one attached hydrogen (secondary N) is 2. The molecule has 0 bridgehead atoms. The SMILES string of the molecule is CCc1[nH]n(-c2c(Cl)cc(Cl)cc2Cl)c2nc(Cc3ccc(NC(C)=O)cc3)nc(=O)c1-2. The van der Waals surface area contributed by atoms with Gasteiger partial charge in [0.2, 0.25) is 5.91 Å². The molecule has 0 aromatic heterocycles. The summed E-state index contributed by atoms with van der Waals surface area (Å²) in [5.41, 5.74) is 2.71. The molecule has 0 saturated heterocycles. The molecule has 2 aromatic rings. The van der Waals surface area contributed by atoms with Gasteiger partial charge >= 0.3 is 0 Å². The molecule has 0 spiro atoms. The number of hydrogen-bond acceptors (Lipinski definition) is 4. The summed E-state index contributed by atoms with van der Waals surface area (Å²) in [6.07, 6.45) is 0.898. The van der Waals surface area contributed by atoms with Gasteiger partial charge in [0.1, 0.15) is 17.1 Å². The Hall–Kier alpha value is -2.87. The summed E-state index contributed by atoms with van der Waals surface area (Å²) in [5, 5.41) is 6.93. The summed E-state index contributed by atoms with van der Waals surface area (Å²) in [5.74, 6) is 0.593. The Labute approximate surface area is 198 Å². The molecule has 0 atom stereocenters. The largest absolute Gasteiger partial charge is 0.326 e. The van der Waals surface area contributed by atoms with Crippen LogP contribution in [0.25, 0.3) is 17.1 Å². The lowest BCUT2D eigenvalue weighted by atomic mass is 10.1. The van der Waals surface area contributed by atoms with Gasteiger partial charge < -0.3 is 5.32 Å². The third-order valence-electron chi connectivity index (χ3n) is 4.86. The van der Waals surface area contributed by atoms with E-state index in [1.165, 1.54) is 6.92 Å². The van der Waals surface area contributed by atoms with Gasteiger partial charge in [0.05, 0.1) is 10.0 Å². The third-order valence-corrected chi connectivity index (χ3v) is 5.65. The molecular weight excluding hydrogens is 473 g/mol. The Kier molecular flexibility index (Phi) is 6.24. The summed E-state index contributed by atoms with van der Waals surface area (Å²) >= 11 is 18.9. The average molecular weight is 491 g/mol. The average Bonchev–Trinajstić information content (AvgIpc) is 3.07. The second kappa shape index (κ2) is 8.94. The molecular formula is C22H18Cl3N5O2. The van der Waals surface area contributed by atoms with E-state index in [1.54, 1.807) is 28.9 Å². The van der Waals surface area contributed by atoms with Gasteiger partial charge in [-0.1, -0.05) is 53.9 Å². The van der Waals surface area contributed by atoms with Crippen molar-refractivity contribution in [3.63, 3.8) is 0 Å². The van der Waals surface area contributed by atoms with E-state index >= 15 is 0 Å². The Morgan fingerprint density at radius 3 is 2.34 bits per heavy atom. The van der Waals surface area contributed by atoms with Crippen molar-refractivity contribution in [2.45, 2.75) is 26.7 Å². The van der Waals surface area contributed by atoms with Crippen molar-refractivity contribution in [3.8, 4) is 17.1 Å². The van der Waals surface area contributed by atoms with Crippen LogP contribution in [0.3, 0.4) is 0 Å². The molecule has 0 unspecified atom stereocenters. The van der Waals surface area contributed by atoms with Crippen LogP contribution < -0.4 is 10.9 Å². The lowest BCUT2D eigenvalue weighted by Gasteiger charge is -2.11.